The second-order valence-electron chi connectivity index (χ2n) is 5.90. The number of hydrogen-bond acceptors (Lipinski definition) is 2. The molecule has 0 radical (unpaired) electrons. The summed E-state index contributed by atoms with van der Waals surface area (Å²) in [5.41, 5.74) is 8.05. The normalized spacial score (nSPS) is 21.6. The molecular formula is C18H24N2O. The second-order valence-corrected chi connectivity index (χ2v) is 5.90. The SMILES string of the molecule is Cc1ccc(C(=O)N2[C@H](C)CCC[C@@H]2C)c(C#CCN)c1. The highest BCUT2D eigenvalue weighted by Crippen LogP contribution is 2.25. The number of benzene rings is 1. The van der Waals surface area contributed by atoms with Crippen molar-refractivity contribution in [3.05, 3.63) is 34.9 Å². The van der Waals surface area contributed by atoms with Gasteiger partial charge >= 0.3 is 0 Å². The summed E-state index contributed by atoms with van der Waals surface area (Å²) in [5, 5.41) is 0. The Balaban J connectivity index is 2.38. The summed E-state index contributed by atoms with van der Waals surface area (Å²) >= 11 is 0. The second kappa shape index (κ2) is 6.78. The predicted molar refractivity (Wildman–Crippen MR) is 86.1 cm³/mol. The molecule has 3 heteroatoms. The number of likely N-dealkylation sites (tertiary alicyclic amines) is 1. The minimum Gasteiger partial charge on any atom is -0.333 e. The van der Waals surface area contributed by atoms with Crippen molar-refractivity contribution in [2.75, 3.05) is 6.54 Å². The molecular weight excluding hydrogens is 260 g/mol. The Morgan fingerprint density at radius 1 is 1.33 bits per heavy atom. The summed E-state index contributed by atoms with van der Waals surface area (Å²) in [4.78, 5) is 15.0. The molecule has 3 nitrogen and oxygen atoms in total. The highest BCUT2D eigenvalue weighted by atomic mass is 16.2. The first kappa shape index (κ1) is 15.6. The molecule has 1 heterocycles. The van der Waals surface area contributed by atoms with Gasteiger partial charge in [0, 0.05) is 17.6 Å². The van der Waals surface area contributed by atoms with E-state index in [0.29, 0.717) is 12.1 Å². The minimum absolute atomic E-state index is 0.0935. The first-order valence-electron chi connectivity index (χ1n) is 7.67. The summed E-state index contributed by atoms with van der Waals surface area (Å²) in [7, 11) is 0. The van der Waals surface area contributed by atoms with Gasteiger partial charge in [-0.15, -0.1) is 0 Å². The average molecular weight is 284 g/mol. The van der Waals surface area contributed by atoms with E-state index >= 15 is 0 Å². The van der Waals surface area contributed by atoms with Crippen molar-refractivity contribution in [1.29, 1.82) is 0 Å². The fourth-order valence-electron chi connectivity index (χ4n) is 3.05. The number of nitrogens with zero attached hydrogens (tertiary/aromatic N) is 1. The molecule has 112 valence electrons. The molecule has 2 atom stereocenters. The summed E-state index contributed by atoms with van der Waals surface area (Å²) in [6, 6.07) is 6.41. The van der Waals surface area contributed by atoms with Crippen LogP contribution in [0, 0.1) is 18.8 Å². The highest BCUT2D eigenvalue weighted by Gasteiger charge is 2.30. The van der Waals surface area contributed by atoms with Crippen LogP contribution in [0.25, 0.3) is 0 Å². The van der Waals surface area contributed by atoms with Crippen molar-refractivity contribution in [3.63, 3.8) is 0 Å². The van der Waals surface area contributed by atoms with Crippen LogP contribution >= 0.6 is 0 Å². The van der Waals surface area contributed by atoms with E-state index in [1.165, 1.54) is 6.42 Å². The van der Waals surface area contributed by atoms with Crippen molar-refractivity contribution in [3.8, 4) is 11.8 Å². The van der Waals surface area contributed by atoms with Crippen molar-refractivity contribution in [2.24, 2.45) is 5.73 Å². The summed E-state index contributed by atoms with van der Waals surface area (Å²) in [6.07, 6.45) is 3.34. The Hall–Kier alpha value is -1.79. The number of rotatable bonds is 1. The number of carbonyl (C=O) groups is 1. The first-order chi connectivity index (χ1) is 10.0. The number of piperidine rings is 1. The molecule has 1 saturated heterocycles. The summed E-state index contributed by atoms with van der Waals surface area (Å²) < 4.78 is 0. The van der Waals surface area contributed by atoms with E-state index < -0.39 is 0 Å². The number of nitrogens with two attached hydrogens (primary N) is 1. The van der Waals surface area contributed by atoms with Gasteiger partial charge in [-0.1, -0.05) is 17.9 Å². The molecule has 0 bridgehead atoms. The Morgan fingerprint density at radius 3 is 2.62 bits per heavy atom. The standard InChI is InChI=1S/C18H24N2O/c1-13-9-10-17(16(12-13)8-5-11-19)18(21)20-14(2)6-4-7-15(20)3/h9-10,12,14-15H,4,6-7,11,19H2,1-3H3/t14-,15+. The smallest absolute Gasteiger partial charge is 0.255 e. The van der Waals surface area contributed by atoms with Gasteiger partial charge in [0.2, 0.25) is 0 Å². The summed E-state index contributed by atoms with van der Waals surface area (Å²) in [6.45, 7) is 6.58. The van der Waals surface area contributed by atoms with Gasteiger partial charge in [0.25, 0.3) is 5.91 Å². The monoisotopic (exact) mass is 284 g/mol. The van der Waals surface area contributed by atoms with E-state index in [0.717, 1.165) is 24.0 Å². The van der Waals surface area contributed by atoms with Crippen LogP contribution in [-0.2, 0) is 0 Å². The zero-order valence-corrected chi connectivity index (χ0v) is 13.1. The van der Waals surface area contributed by atoms with Gasteiger partial charge in [-0.2, -0.15) is 0 Å². The molecule has 1 aromatic carbocycles. The van der Waals surface area contributed by atoms with Crippen LogP contribution in [0.3, 0.4) is 0 Å². The first-order valence-corrected chi connectivity index (χ1v) is 7.67. The van der Waals surface area contributed by atoms with E-state index in [4.69, 9.17) is 5.73 Å². The van der Waals surface area contributed by atoms with Crippen LogP contribution in [0.2, 0.25) is 0 Å². The maximum absolute atomic E-state index is 12.9. The van der Waals surface area contributed by atoms with E-state index in [9.17, 15) is 4.79 Å². The lowest BCUT2D eigenvalue weighted by Gasteiger charge is -2.39. The number of carbonyl (C=O) groups excluding carboxylic acids is 1. The molecule has 2 N–H and O–H groups in total. The quantitative estimate of drug-likeness (QED) is 0.806. The van der Waals surface area contributed by atoms with E-state index in [1.54, 1.807) is 0 Å². The minimum atomic E-state index is 0.0935. The molecule has 0 spiro atoms. The van der Waals surface area contributed by atoms with Gasteiger partial charge < -0.3 is 10.6 Å². The fourth-order valence-corrected chi connectivity index (χ4v) is 3.05. The Labute approximate surface area is 127 Å². The molecule has 1 amide bonds. The molecule has 1 fully saturated rings. The molecule has 1 aliphatic rings. The molecule has 0 aromatic heterocycles. The topological polar surface area (TPSA) is 46.3 Å². The van der Waals surface area contributed by atoms with Gasteiger partial charge in [0.05, 0.1) is 12.1 Å². The number of hydrogen-bond donors (Lipinski definition) is 1. The van der Waals surface area contributed by atoms with Gasteiger partial charge in [-0.25, -0.2) is 0 Å². The summed E-state index contributed by atoms with van der Waals surface area (Å²) in [5.74, 6) is 5.99. The number of amides is 1. The third-order valence-corrected chi connectivity index (χ3v) is 4.16. The van der Waals surface area contributed by atoms with Gasteiger partial charge in [-0.05, 0) is 57.7 Å². The third kappa shape index (κ3) is 3.46. The van der Waals surface area contributed by atoms with Gasteiger partial charge in [-0.3, -0.25) is 4.79 Å². The number of aryl methyl sites for hydroxylation is 1. The van der Waals surface area contributed by atoms with Crippen molar-refractivity contribution in [1.82, 2.24) is 4.90 Å². The van der Waals surface area contributed by atoms with Crippen LogP contribution in [0.15, 0.2) is 18.2 Å². The third-order valence-electron chi connectivity index (χ3n) is 4.16. The van der Waals surface area contributed by atoms with Crippen molar-refractivity contribution < 1.29 is 4.79 Å². The molecule has 0 unspecified atom stereocenters. The van der Waals surface area contributed by atoms with Crippen LogP contribution < -0.4 is 5.73 Å². The fraction of sp³-hybridized carbons (Fsp3) is 0.500. The maximum atomic E-state index is 12.9. The van der Waals surface area contributed by atoms with Crippen LogP contribution in [0.1, 0.15) is 54.6 Å². The van der Waals surface area contributed by atoms with E-state index in [-0.39, 0.29) is 18.0 Å². The lowest BCUT2D eigenvalue weighted by molar-refractivity contribution is 0.0510. The molecule has 0 aliphatic carbocycles. The average Bonchev–Trinajstić information content (AvgIpc) is 2.44. The van der Waals surface area contributed by atoms with Crippen LogP contribution in [0.4, 0.5) is 0 Å². The predicted octanol–water partition coefficient (Wildman–Crippen LogP) is 2.71. The Bertz CT molecular complexity index is 573. The Kier molecular flexibility index (Phi) is 5.03. The van der Waals surface area contributed by atoms with E-state index in [2.05, 4.69) is 25.7 Å². The molecule has 1 aliphatic heterocycles. The van der Waals surface area contributed by atoms with E-state index in [1.807, 2.05) is 30.0 Å². The van der Waals surface area contributed by atoms with Crippen molar-refractivity contribution in [2.45, 2.75) is 52.1 Å². The van der Waals surface area contributed by atoms with Gasteiger partial charge in [0.1, 0.15) is 0 Å². The molecule has 1 aromatic rings. The molecule has 2 rings (SSSR count). The zero-order valence-electron chi connectivity index (χ0n) is 13.1. The van der Waals surface area contributed by atoms with Crippen LogP contribution in [0.5, 0.6) is 0 Å². The maximum Gasteiger partial charge on any atom is 0.255 e. The van der Waals surface area contributed by atoms with Crippen LogP contribution in [-0.4, -0.2) is 29.4 Å². The lowest BCUT2D eigenvalue weighted by Crippen LogP contribution is -2.47. The highest BCUT2D eigenvalue weighted by molar-refractivity contribution is 5.97. The molecule has 0 saturated carbocycles. The molecule has 21 heavy (non-hydrogen) atoms. The largest absolute Gasteiger partial charge is 0.333 e. The zero-order chi connectivity index (χ0) is 15.4. The van der Waals surface area contributed by atoms with Crippen molar-refractivity contribution >= 4 is 5.91 Å². The Morgan fingerprint density at radius 2 is 2.00 bits per heavy atom. The van der Waals surface area contributed by atoms with Gasteiger partial charge in [0.15, 0.2) is 0 Å². The lowest BCUT2D eigenvalue weighted by atomic mass is 9.95.